The monoisotopic (exact) mass is 278 g/mol. The zero-order valence-electron chi connectivity index (χ0n) is 11.7. The van der Waals surface area contributed by atoms with Gasteiger partial charge < -0.3 is 10.1 Å². The number of imidazole rings is 1. The van der Waals surface area contributed by atoms with Gasteiger partial charge in [-0.15, -0.1) is 0 Å². The number of hydrogen-bond donors (Lipinski definition) is 3. The van der Waals surface area contributed by atoms with Crippen molar-refractivity contribution in [2.75, 3.05) is 24.4 Å². The summed E-state index contributed by atoms with van der Waals surface area (Å²) in [5.41, 5.74) is 2.08. The van der Waals surface area contributed by atoms with E-state index in [2.05, 4.69) is 30.7 Å². The van der Waals surface area contributed by atoms with Crippen molar-refractivity contribution in [2.24, 2.45) is 5.84 Å². The molecule has 0 radical (unpaired) electrons. The van der Waals surface area contributed by atoms with Crippen molar-refractivity contribution in [2.45, 2.75) is 19.4 Å². The molecule has 108 valence electrons. The van der Waals surface area contributed by atoms with E-state index in [-0.39, 0.29) is 11.5 Å². The largest absolute Gasteiger partial charge is 0.377 e. The molecule has 0 spiro atoms. The summed E-state index contributed by atoms with van der Waals surface area (Å²) in [4.78, 5) is 16.5. The molecule has 0 amide bonds. The van der Waals surface area contributed by atoms with Crippen LogP contribution in [-0.2, 0) is 4.74 Å². The Morgan fingerprint density at radius 2 is 2.05 bits per heavy atom. The van der Waals surface area contributed by atoms with Crippen LogP contribution in [-0.4, -0.2) is 43.8 Å². The normalized spacial score (nSPS) is 11.4. The quantitative estimate of drug-likeness (QED) is 0.506. The van der Waals surface area contributed by atoms with Gasteiger partial charge in [0.2, 0.25) is 17.8 Å². The Hall–Kier alpha value is -2.26. The van der Waals surface area contributed by atoms with E-state index < -0.39 is 0 Å². The molecule has 20 heavy (non-hydrogen) atoms. The molecule has 0 aromatic carbocycles. The molecule has 0 aliphatic heterocycles. The third-order valence-corrected chi connectivity index (χ3v) is 2.71. The van der Waals surface area contributed by atoms with Gasteiger partial charge in [0.05, 0.1) is 5.60 Å². The molecule has 2 aromatic heterocycles. The van der Waals surface area contributed by atoms with Gasteiger partial charge in [-0.05, 0) is 13.8 Å². The number of methoxy groups -OCH3 is 1. The molecule has 0 unspecified atom stereocenters. The van der Waals surface area contributed by atoms with Gasteiger partial charge in [0, 0.05) is 26.0 Å². The van der Waals surface area contributed by atoms with Gasteiger partial charge in [0.1, 0.15) is 6.33 Å². The van der Waals surface area contributed by atoms with Crippen LogP contribution >= 0.6 is 0 Å². The fraction of sp³-hybridized carbons (Fsp3) is 0.455. The van der Waals surface area contributed by atoms with Crippen molar-refractivity contribution in [3.8, 4) is 5.95 Å². The summed E-state index contributed by atoms with van der Waals surface area (Å²) in [7, 11) is 1.65. The van der Waals surface area contributed by atoms with Crippen molar-refractivity contribution < 1.29 is 4.74 Å². The molecule has 0 atom stereocenters. The molecular weight excluding hydrogens is 260 g/mol. The maximum absolute atomic E-state index is 5.37. The van der Waals surface area contributed by atoms with Gasteiger partial charge in [-0.25, -0.2) is 10.8 Å². The van der Waals surface area contributed by atoms with Crippen LogP contribution in [0.5, 0.6) is 0 Å². The second-order valence-corrected chi connectivity index (χ2v) is 4.71. The summed E-state index contributed by atoms with van der Waals surface area (Å²) in [5, 5.41) is 3.10. The van der Waals surface area contributed by atoms with Crippen LogP contribution in [0.25, 0.3) is 5.95 Å². The number of aromatic nitrogens is 5. The van der Waals surface area contributed by atoms with Crippen LogP contribution in [0.15, 0.2) is 18.7 Å². The molecule has 0 fully saturated rings. The van der Waals surface area contributed by atoms with E-state index in [9.17, 15) is 0 Å². The number of ether oxygens (including phenoxy) is 1. The number of hydrogen-bond acceptors (Lipinski definition) is 8. The highest BCUT2D eigenvalue weighted by atomic mass is 16.5. The number of nitrogens with two attached hydrogens (primary N) is 1. The maximum atomic E-state index is 5.37. The fourth-order valence-corrected chi connectivity index (χ4v) is 1.37. The second-order valence-electron chi connectivity index (χ2n) is 4.71. The fourth-order valence-electron chi connectivity index (χ4n) is 1.37. The molecule has 2 rings (SSSR count). The van der Waals surface area contributed by atoms with E-state index in [0.717, 1.165) is 0 Å². The Balaban J connectivity index is 2.23. The zero-order chi connectivity index (χ0) is 14.6. The first-order chi connectivity index (χ1) is 9.54. The Kier molecular flexibility index (Phi) is 4.11. The molecular formula is C11H18N8O. The van der Waals surface area contributed by atoms with Crippen LogP contribution in [0.3, 0.4) is 0 Å². The minimum Gasteiger partial charge on any atom is -0.377 e. The first-order valence-corrected chi connectivity index (χ1v) is 6.04. The van der Waals surface area contributed by atoms with Crippen LogP contribution in [0.4, 0.5) is 11.9 Å². The van der Waals surface area contributed by atoms with Crippen molar-refractivity contribution >= 4 is 11.9 Å². The molecule has 0 aliphatic carbocycles. The lowest BCUT2D eigenvalue weighted by Gasteiger charge is -2.23. The molecule has 9 heteroatoms. The topological polar surface area (TPSA) is 116 Å². The Morgan fingerprint density at radius 1 is 1.30 bits per heavy atom. The minimum absolute atomic E-state index is 0.265. The van der Waals surface area contributed by atoms with Crippen LogP contribution in [0.1, 0.15) is 13.8 Å². The number of nitrogens with zero attached hydrogens (tertiary/aromatic N) is 5. The average molecular weight is 278 g/mol. The third kappa shape index (κ3) is 3.39. The summed E-state index contributed by atoms with van der Waals surface area (Å²) in [6, 6.07) is 0. The van der Waals surface area contributed by atoms with Gasteiger partial charge in [0.25, 0.3) is 0 Å². The standard InChI is InChI=1S/C11H18N8O/c1-11(2,20-3)6-14-8-15-9(18-12)17-10(16-8)19-5-4-13-7-19/h4-5,7H,6,12H2,1-3H3,(H2,14,15,16,17,18). The van der Waals surface area contributed by atoms with Gasteiger partial charge in [-0.3, -0.25) is 9.99 Å². The van der Waals surface area contributed by atoms with Crippen LogP contribution in [0, 0.1) is 0 Å². The maximum Gasteiger partial charge on any atom is 0.243 e. The summed E-state index contributed by atoms with van der Waals surface area (Å²) in [6.07, 6.45) is 4.97. The summed E-state index contributed by atoms with van der Waals surface area (Å²) < 4.78 is 6.99. The Labute approximate surface area is 116 Å². The van der Waals surface area contributed by atoms with E-state index in [1.807, 2.05) is 13.8 Å². The highest BCUT2D eigenvalue weighted by molar-refractivity contribution is 5.37. The predicted octanol–water partition coefficient (Wildman–Crippen LogP) is 0.180. The molecule has 0 saturated carbocycles. The highest BCUT2D eigenvalue weighted by Crippen LogP contribution is 2.11. The lowest BCUT2D eigenvalue weighted by molar-refractivity contribution is 0.0342. The molecule has 2 heterocycles. The van der Waals surface area contributed by atoms with Gasteiger partial charge in [0.15, 0.2) is 0 Å². The van der Waals surface area contributed by atoms with Crippen molar-refractivity contribution in [3.05, 3.63) is 18.7 Å². The molecule has 0 aliphatic rings. The van der Waals surface area contributed by atoms with E-state index in [4.69, 9.17) is 10.6 Å². The predicted molar refractivity (Wildman–Crippen MR) is 74.3 cm³/mol. The van der Waals surface area contributed by atoms with E-state index in [0.29, 0.717) is 18.4 Å². The zero-order valence-corrected chi connectivity index (χ0v) is 11.7. The highest BCUT2D eigenvalue weighted by Gasteiger charge is 2.17. The number of nitrogen functional groups attached to an aromatic ring is 1. The Bertz CT molecular complexity index is 554. The second kappa shape index (κ2) is 5.80. The number of hydrazine groups is 1. The smallest absolute Gasteiger partial charge is 0.243 e. The first-order valence-electron chi connectivity index (χ1n) is 6.04. The van der Waals surface area contributed by atoms with Crippen LogP contribution in [0.2, 0.25) is 0 Å². The minimum atomic E-state index is -0.335. The van der Waals surface area contributed by atoms with Crippen molar-refractivity contribution in [1.29, 1.82) is 0 Å². The molecule has 0 bridgehead atoms. The Morgan fingerprint density at radius 3 is 2.65 bits per heavy atom. The SMILES string of the molecule is COC(C)(C)CNc1nc(NN)nc(-n2ccnc2)n1. The molecule has 2 aromatic rings. The lowest BCUT2D eigenvalue weighted by Crippen LogP contribution is -2.32. The third-order valence-electron chi connectivity index (χ3n) is 2.71. The number of anilines is 2. The van der Waals surface area contributed by atoms with Crippen molar-refractivity contribution in [3.63, 3.8) is 0 Å². The van der Waals surface area contributed by atoms with Crippen molar-refractivity contribution in [1.82, 2.24) is 24.5 Å². The first kappa shape index (κ1) is 14.2. The summed E-state index contributed by atoms with van der Waals surface area (Å²) >= 11 is 0. The number of rotatable bonds is 6. The van der Waals surface area contributed by atoms with Gasteiger partial charge in [-0.1, -0.05) is 0 Å². The van der Waals surface area contributed by atoms with E-state index in [1.165, 1.54) is 0 Å². The van der Waals surface area contributed by atoms with Gasteiger partial charge in [-0.2, -0.15) is 15.0 Å². The number of nitrogens with one attached hydrogen (secondary N) is 2. The average Bonchev–Trinajstić information content (AvgIpc) is 2.99. The molecule has 4 N–H and O–H groups in total. The lowest BCUT2D eigenvalue weighted by atomic mass is 10.1. The summed E-state index contributed by atoms with van der Waals surface area (Å²) in [5.74, 6) is 6.46. The van der Waals surface area contributed by atoms with E-state index in [1.54, 1.807) is 30.4 Å². The van der Waals surface area contributed by atoms with Crippen LogP contribution < -0.4 is 16.6 Å². The molecule has 0 saturated heterocycles. The van der Waals surface area contributed by atoms with Gasteiger partial charge >= 0.3 is 0 Å². The molecule has 9 nitrogen and oxygen atoms in total. The van der Waals surface area contributed by atoms with E-state index >= 15 is 0 Å². The summed E-state index contributed by atoms with van der Waals surface area (Å²) in [6.45, 7) is 4.46.